The molecule has 0 aliphatic carbocycles. The van der Waals surface area contributed by atoms with Gasteiger partial charge in [-0.25, -0.2) is 4.98 Å². The standard InChI is InChI=1S/C11H13ClN4O2/c12-8-9(14-5-15-11(8)18)16-3-1-2-6-7(16)4-13-10(6)17/h5-7H,1-4H2,(H,13,17)(H,14,15,18). The van der Waals surface area contributed by atoms with E-state index in [0.717, 1.165) is 19.4 Å². The monoisotopic (exact) mass is 268 g/mol. The van der Waals surface area contributed by atoms with Crippen LogP contribution < -0.4 is 15.8 Å². The molecule has 0 spiro atoms. The smallest absolute Gasteiger partial charge is 0.271 e. The van der Waals surface area contributed by atoms with Crippen molar-refractivity contribution in [2.75, 3.05) is 18.0 Å². The van der Waals surface area contributed by atoms with E-state index in [4.69, 9.17) is 11.6 Å². The Labute approximate surface area is 108 Å². The lowest BCUT2D eigenvalue weighted by Gasteiger charge is -2.36. The highest BCUT2D eigenvalue weighted by Crippen LogP contribution is 2.32. The third kappa shape index (κ3) is 1.68. The highest BCUT2D eigenvalue weighted by molar-refractivity contribution is 6.32. The van der Waals surface area contributed by atoms with Gasteiger partial charge in [0.2, 0.25) is 5.91 Å². The fourth-order valence-corrected chi connectivity index (χ4v) is 3.00. The number of H-pyrrole nitrogens is 1. The fourth-order valence-electron chi connectivity index (χ4n) is 2.79. The van der Waals surface area contributed by atoms with Gasteiger partial charge in [-0.1, -0.05) is 11.6 Å². The number of aromatic nitrogens is 2. The van der Waals surface area contributed by atoms with Crippen LogP contribution in [-0.4, -0.2) is 35.0 Å². The van der Waals surface area contributed by atoms with E-state index in [2.05, 4.69) is 15.3 Å². The number of hydrogen-bond donors (Lipinski definition) is 2. The summed E-state index contributed by atoms with van der Waals surface area (Å²) in [5.74, 6) is 0.549. The number of carbonyl (C=O) groups excluding carboxylic acids is 1. The summed E-state index contributed by atoms with van der Waals surface area (Å²) in [5.41, 5.74) is -0.346. The molecule has 2 aliphatic rings. The average Bonchev–Trinajstić information content (AvgIpc) is 2.75. The molecule has 1 aromatic rings. The van der Waals surface area contributed by atoms with Crippen molar-refractivity contribution in [1.82, 2.24) is 15.3 Å². The third-order valence-corrected chi connectivity index (χ3v) is 3.99. The molecular formula is C11H13ClN4O2. The van der Waals surface area contributed by atoms with Crippen molar-refractivity contribution < 1.29 is 4.79 Å². The average molecular weight is 269 g/mol. The van der Waals surface area contributed by atoms with Crippen molar-refractivity contribution in [3.05, 3.63) is 21.7 Å². The Morgan fingerprint density at radius 2 is 2.28 bits per heavy atom. The number of rotatable bonds is 1. The van der Waals surface area contributed by atoms with Gasteiger partial charge in [0.15, 0.2) is 5.82 Å². The first-order chi connectivity index (χ1) is 8.68. The molecule has 96 valence electrons. The minimum Gasteiger partial charge on any atom is -0.354 e. The summed E-state index contributed by atoms with van der Waals surface area (Å²) < 4.78 is 0. The van der Waals surface area contributed by atoms with Crippen molar-refractivity contribution in [1.29, 1.82) is 0 Å². The first-order valence-corrected chi connectivity index (χ1v) is 6.34. The SMILES string of the molecule is O=C1NCC2C1CCCN2c1nc[nH]c(=O)c1Cl. The van der Waals surface area contributed by atoms with E-state index in [1.165, 1.54) is 6.33 Å². The van der Waals surface area contributed by atoms with E-state index in [1.807, 2.05) is 4.90 Å². The number of carbonyl (C=O) groups is 1. The molecule has 3 rings (SSSR count). The Hall–Kier alpha value is -1.56. The molecule has 1 amide bonds. The van der Waals surface area contributed by atoms with E-state index in [-0.39, 0.29) is 28.4 Å². The highest BCUT2D eigenvalue weighted by Gasteiger charge is 2.41. The highest BCUT2D eigenvalue weighted by atomic mass is 35.5. The minimum absolute atomic E-state index is 0.0177. The number of halogens is 1. The molecule has 0 bridgehead atoms. The van der Waals surface area contributed by atoms with Gasteiger partial charge >= 0.3 is 0 Å². The molecule has 2 fully saturated rings. The van der Waals surface area contributed by atoms with Crippen LogP contribution >= 0.6 is 11.6 Å². The quantitative estimate of drug-likeness (QED) is 0.759. The van der Waals surface area contributed by atoms with Crippen LogP contribution in [0.2, 0.25) is 5.02 Å². The molecule has 3 heterocycles. The number of hydrogen-bond acceptors (Lipinski definition) is 4. The molecule has 2 atom stereocenters. The summed E-state index contributed by atoms with van der Waals surface area (Å²) in [4.78, 5) is 31.7. The zero-order chi connectivity index (χ0) is 12.7. The largest absolute Gasteiger partial charge is 0.354 e. The van der Waals surface area contributed by atoms with Crippen molar-refractivity contribution in [2.24, 2.45) is 5.92 Å². The van der Waals surface area contributed by atoms with Crippen LogP contribution in [0, 0.1) is 5.92 Å². The number of fused-ring (bicyclic) bond motifs is 1. The van der Waals surface area contributed by atoms with Gasteiger partial charge in [0.05, 0.1) is 18.3 Å². The van der Waals surface area contributed by atoms with Gasteiger partial charge in [0, 0.05) is 13.1 Å². The van der Waals surface area contributed by atoms with Gasteiger partial charge in [-0.2, -0.15) is 0 Å². The van der Waals surface area contributed by atoms with Crippen LogP contribution in [0.15, 0.2) is 11.1 Å². The Kier molecular flexibility index (Phi) is 2.74. The second kappa shape index (κ2) is 4.28. The van der Waals surface area contributed by atoms with Crippen LogP contribution in [-0.2, 0) is 4.79 Å². The van der Waals surface area contributed by atoms with E-state index in [1.54, 1.807) is 0 Å². The van der Waals surface area contributed by atoms with Crippen LogP contribution in [0.25, 0.3) is 0 Å². The Morgan fingerprint density at radius 3 is 3.11 bits per heavy atom. The molecule has 2 aliphatic heterocycles. The van der Waals surface area contributed by atoms with E-state index >= 15 is 0 Å². The third-order valence-electron chi connectivity index (χ3n) is 3.65. The number of aromatic amines is 1. The predicted octanol–water partition coefficient (Wildman–Crippen LogP) is 0.138. The summed E-state index contributed by atoms with van der Waals surface area (Å²) in [6.45, 7) is 1.36. The molecule has 1 aromatic heterocycles. The van der Waals surface area contributed by atoms with E-state index in [0.29, 0.717) is 12.4 Å². The fraction of sp³-hybridized carbons (Fsp3) is 0.545. The molecule has 0 saturated carbocycles. The van der Waals surface area contributed by atoms with E-state index in [9.17, 15) is 9.59 Å². The van der Waals surface area contributed by atoms with Gasteiger partial charge in [-0.05, 0) is 12.8 Å². The lowest BCUT2D eigenvalue weighted by molar-refractivity contribution is -0.122. The molecule has 18 heavy (non-hydrogen) atoms. The van der Waals surface area contributed by atoms with Gasteiger partial charge in [0.1, 0.15) is 5.02 Å². The number of anilines is 1. The Morgan fingerprint density at radius 1 is 1.44 bits per heavy atom. The van der Waals surface area contributed by atoms with Crippen LogP contribution in [0.4, 0.5) is 5.82 Å². The van der Waals surface area contributed by atoms with Crippen LogP contribution in [0.5, 0.6) is 0 Å². The van der Waals surface area contributed by atoms with Crippen molar-refractivity contribution in [3.63, 3.8) is 0 Å². The maximum absolute atomic E-state index is 11.7. The first kappa shape index (κ1) is 11.5. The van der Waals surface area contributed by atoms with E-state index < -0.39 is 0 Å². The molecule has 7 heteroatoms. The van der Waals surface area contributed by atoms with Crippen molar-refractivity contribution in [3.8, 4) is 0 Å². The first-order valence-electron chi connectivity index (χ1n) is 5.96. The molecule has 0 aromatic carbocycles. The maximum Gasteiger partial charge on any atom is 0.271 e. The molecular weight excluding hydrogens is 256 g/mol. The predicted molar refractivity (Wildman–Crippen MR) is 66.7 cm³/mol. The number of piperidine rings is 1. The normalized spacial score (nSPS) is 26.9. The number of amides is 1. The summed E-state index contributed by atoms with van der Waals surface area (Å²) >= 11 is 6.00. The summed E-state index contributed by atoms with van der Waals surface area (Å²) in [6, 6.07) is 0.0538. The second-order valence-corrected chi connectivity index (χ2v) is 5.00. The van der Waals surface area contributed by atoms with Gasteiger partial charge in [-0.15, -0.1) is 0 Å². The second-order valence-electron chi connectivity index (χ2n) is 4.62. The van der Waals surface area contributed by atoms with Crippen molar-refractivity contribution >= 4 is 23.3 Å². The Balaban J connectivity index is 1.98. The molecule has 2 N–H and O–H groups in total. The summed E-state index contributed by atoms with van der Waals surface area (Å²) in [7, 11) is 0. The van der Waals surface area contributed by atoms with Crippen molar-refractivity contribution in [2.45, 2.75) is 18.9 Å². The zero-order valence-corrected chi connectivity index (χ0v) is 10.4. The number of nitrogens with zero attached hydrogens (tertiary/aromatic N) is 2. The summed E-state index contributed by atoms with van der Waals surface area (Å²) in [6.07, 6.45) is 3.13. The molecule has 0 radical (unpaired) electrons. The minimum atomic E-state index is -0.346. The summed E-state index contributed by atoms with van der Waals surface area (Å²) in [5, 5.41) is 2.95. The molecule has 2 saturated heterocycles. The van der Waals surface area contributed by atoms with Gasteiger partial charge in [-0.3, -0.25) is 9.59 Å². The maximum atomic E-state index is 11.7. The lowest BCUT2D eigenvalue weighted by Crippen LogP contribution is -2.46. The van der Waals surface area contributed by atoms with Gasteiger partial charge < -0.3 is 15.2 Å². The topological polar surface area (TPSA) is 78.1 Å². The van der Waals surface area contributed by atoms with Crippen LogP contribution in [0.3, 0.4) is 0 Å². The van der Waals surface area contributed by atoms with Gasteiger partial charge in [0.25, 0.3) is 5.56 Å². The zero-order valence-electron chi connectivity index (χ0n) is 9.65. The van der Waals surface area contributed by atoms with Crippen LogP contribution in [0.1, 0.15) is 12.8 Å². The lowest BCUT2D eigenvalue weighted by atomic mass is 9.91. The number of nitrogens with one attached hydrogen (secondary N) is 2. The molecule has 6 nitrogen and oxygen atoms in total. The molecule has 2 unspecified atom stereocenters. The Bertz CT molecular complexity index is 544.